The van der Waals surface area contributed by atoms with Crippen LogP contribution in [-0.4, -0.2) is 18.0 Å². The second kappa shape index (κ2) is 6.33. The van der Waals surface area contributed by atoms with E-state index in [1.807, 2.05) is 0 Å². The number of aromatic amines is 1. The molecule has 130 valence electrons. The van der Waals surface area contributed by atoms with Crippen LogP contribution in [0.5, 0.6) is 5.75 Å². The second-order valence-electron chi connectivity index (χ2n) is 5.26. The molecule has 0 atom stereocenters. The van der Waals surface area contributed by atoms with Crippen LogP contribution in [0.2, 0.25) is 5.02 Å². The normalized spacial score (nSPS) is 11.6. The molecule has 0 bridgehead atoms. The van der Waals surface area contributed by atoms with Crippen LogP contribution in [0.3, 0.4) is 0 Å². The number of carbonyl (C=O) groups excluding carboxylic acids is 1. The molecule has 0 aliphatic carbocycles. The number of anilines is 1. The zero-order chi connectivity index (χ0) is 18.2. The number of H-pyrrole nitrogens is 1. The molecule has 0 aliphatic rings. The van der Waals surface area contributed by atoms with Crippen LogP contribution in [0.4, 0.5) is 18.9 Å². The number of carbonyl (C=O) groups is 1. The predicted octanol–water partition coefficient (Wildman–Crippen LogP) is 5.10. The van der Waals surface area contributed by atoms with Gasteiger partial charge in [0.2, 0.25) is 0 Å². The standard InChI is InChI=1S/C17H12ClF3N2O2/c1-25-10-3-5-14-11(7-10)12(8-22-14)16(24)23-15-4-2-9(18)6-13(15)17(19,20)21/h2-8,22H,1H3,(H,23,24). The zero-order valence-electron chi connectivity index (χ0n) is 12.9. The minimum atomic E-state index is -4.64. The van der Waals surface area contributed by atoms with Gasteiger partial charge in [-0.2, -0.15) is 13.2 Å². The fourth-order valence-electron chi connectivity index (χ4n) is 2.46. The maximum atomic E-state index is 13.1. The van der Waals surface area contributed by atoms with Crippen molar-refractivity contribution in [2.75, 3.05) is 12.4 Å². The summed E-state index contributed by atoms with van der Waals surface area (Å²) in [6.07, 6.45) is -3.21. The van der Waals surface area contributed by atoms with Crippen molar-refractivity contribution in [1.29, 1.82) is 0 Å². The van der Waals surface area contributed by atoms with Crippen molar-refractivity contribution in [3.05, 3.63) is 58.7 Å². The topological polar surface area (TPSA) is 54.1 Å². The summed E-state index contributed by atoms with van der Waals surface area (Å²) >= 11 is 5.64. The van der Waals surface area contributed by atoms with E-state index in [1.165, 1.54) is 19.4 Å². The summed E-state index contributed by atoms with van der Waals surface area (Å²) < 4.78 is 44.5. The van der Waals surface area contributed by atoms with Gasteiger partial charge in [-0.3, -0.25) is 4.79 Å². The van der Waals surface area contributed by atoms with Gasteiger partial charge in [-0.1, -0.05) is 11.6 Å². The minimum Gasteiger partial charge on any atom is -0.497 e. The molecule has 3 rings (SSSR count). The summed E-state index contributed by atoms with van der Waals surface area (Å²) in [4.78, 5) is 15.4. The largest absolute Gasteiger partial charge is 0.497 e. The molecule has 0 fully saturated rings. The van der Waals surface area contributed by atoms with Gasteiger partial charge in [0.15, 0.2) is 0 Å². The van der Waals surface area contributed by atoms with Gasteiger partial charge in [-0.25, -0.2) is 0 Å². The monoisotopic (exact) mass is 368 g/mol. The number of hydrogen-bond donors (Lipinski definition) is 2. The number of methoxy groups -OCH3 is 1. The molecule has 0 saturated carbocycles. The first kappa shape index (κ1) is 17.2. The van der Waals surface area contributed by atoms with Gasteiger partial charge in [0, 0.05) is 22.1 Å². The third-order valence-electron chi connectivity index (χ3n) is 3.67. The van der Waals surface area contributed by atoms with Gasteiger partial charge in [0.1, 0.15) is 5.75 Å². The Bertz CT molecular complexity index is 951. The Hall–Kier alpha value is -2.67. The highest BCUT2D eigenvalue weighted by Gasteiger charge is 2.34. The maximum Gasteiger partial charge on any atom is 0.418 e. The first-order chi connectivity index (χ1) is 11.8. The smallest absolute Gasteiger partial charge is 0.418 e. The fourth-order valence-corrected chi connectivity index (χ4v) is 2.64. The van der Waals surface area contributed by atoms with Crippen molar-refractivity contribution < 1.29 is 22.7 Å². The molecular formula is C17H12ClF3N2O2. The molecule has 2 aromatic carbocycles. The van der Waals surface area contributed by atoms with E-state index >= 15 is 0 Å². The highest BCUT2D eigenvalue weighted by molar-refractivity contribution is 6.30. The van der Waals surface area contributed by atoms with Gasteiger partial charge in [-0.05, 0) is 36.4 Å². The van der Waals surface area contributed by atoms with Crippen LogP contribution >= 0.6 is 11.6 Å². The molecule has 1 amide bonds. The molecule has 0 radical (unpaired) electrons. The number of halogens is 4. The van der Waals surface area contributed by atoms with Crippen molar-refractivity contribution in [2.24, 2.45) is 0 Å². The quantitative estimate of drug-likeness (QED) is 0.675. The second-order valence-corrected chi connectivity index (χ2v) is 5.69. The van der Waals surface area contributed by atoms with Crippen molar-refractivity contribution in [3.63, 3.8) is 0 Å². The summed E-state index contributed by atoms with van der Waals surface area (Å²) in [6.45, 7) is 0. The SMILES string of the molecule is COc1ccc2[nH]cc(C(=O)Nc3ccc(Cl)cc3C(F)(F)F)c2c1. The lowest BCUT2D eigenvalue weighted by molar-refractivity contribution is -0.136. The fraction of sp³-hybridized carbons (Fsp3) is 0.118. The molecule has 8 heteroatoms. The highest BCUT2D eigenvalue weighted by Crippen LogP contribution is 2.37. The van der Waals surface area contributed by atoms with Gasteiger partial charge < -0.3 is 15.0 Å². The molecule has 0 aliphatic heterocycles. The number of fused-ring (bicyclic) bond motifs is 1. The minimum absolute atomic E-state index is 0.0674. The highest BCUT2D eigenvalue weighted by atomic mass is 35.5. The molecule has 0 spiro atoms. The van der Waals surface area contributed by atoms with E-state index in [-0.39, 0.29) is 16.3 Å². The Kier molecular flexibility index (Phi) is 4.34. The Morgan fingerprint density at radius 1 is 1.20 bits per heavy atom. The van der Waals surface area contributed by atoms with Gasteiger partial charge >= 0.3 is 6.18 Å². The van der Waals surface area contributed by atoms with Crippen LogP contribution in [0.1, 0.15) is 15.9 Å². The Morgan fingerprint density at radius 3 is 2.64 bits per heavy atom. The Morgan fingerprint density at radius 2 is 1.96 bits per heavy atom. The van der Waals surface area contributed by atoms with Crippen LogP contribution in [0, 0.1) is 0 Å². The number of hydrogen-bond acceptors (Lipinski definition) is 2. The van der Waals surface area contributed by atoms with Crippen molar-refractivity contribution in [2.45, 2.75) is 6.18 Å². The van der Waals surface area contributed by atoms with Gasteiger partial charge in [-0.15, -0.1) is 0 Å². The molecule has 25 heavy (non-hydrogen) atoms. The summed E-state index contributed by atoms with van der Waals surface area (Å²) in [5.41, 5.74) is -0.500. The number of benzene rings is 2. The Labute approximate surface area is 145 Å². The number of nitrogens with one attached hydrogen (secondary N) is 2. The number of aromatic nitrogens is 1. The number of rotatable bonds is 3. The van der Waals surface area contributed by atoms with Gasteiger partial charge in [0.05, 0.1) is 23.9 Å². The first-order valence-electron chi connectivity index (χ1n) is 7.13. The average molecular weight is 369 g/mol. The molecule has 4 nitrogen and oxygen atoms in total. The maximum absolute atomic E-state index is 13.1. The van der Waals surface area contributed by atoms with E-state index in [0.29, 0.717) is 16.7 Å². The Balaban J connectivity index is 1.99. The molecule has 2 N–H and O–H groups in total. The van der Waals surface area contributed by atoms with E-state index in [4.69, 9.17) is 16.3 Å². The molecule has 0 unspecified atom stereocenters. The number of amides is 1. The van der Waals surface area contributed by atoms with E-state index in [1.54, 1.807) is 18.2 Å². The third-order valence-corrected chi connectivity index (χ3v) is 3.90. The third kappa shape index (κ3) is 3.41. The lowest BCUT2D eigenvalue weighted by Gasteiger charge is -2.14. The first-order valence-corrected chi connectivity index (χ1v) is 7.50. The van der Waals surface area contributed by atoms with E-state index in [2.05, 4.69) is 10.3 Å². The van der Waals surface area contributed by atoms with Crippen LogP contribution < -0.4 is 10.1 Å². The summed E-state index contributed by atoms with van der Waals surface area (Å²) in [5.74, 6) is -0.143. The lowest BCUT2D eigenvalue weighted by Crippen LogP contribution is -2.16. The summed E-state index contributed by atoms with van der Waals surface area (Å²) in [6, 6.07) is 8.24. The van der Waals surface area contributed by atoms with Crippen LogP contribution in [0.15, 0.2) is 42.6 Å². The predicted molar refractivity (Wildman–Crippen MR) is 89.3 cm³/mol. The molecule has 0 saturated heterocycles. The van der Waals surface area contributed by atoms with E-state index in [0.717, 1.165) is 12.1 Å². The zero-order valence-corrected chi connectivity index (χ0v) is 13.6. The van der Waals surface area contributed by atoms with Gasteiger partial charge in [0.25, 0.3) is 5.91 Å². The molecule has 1 heterocycles. The molecular weight excluding hydrogens is 357 g/mol. The van der Waals surface area contributed by atoms with Crippen molar-refractivity contribution in [1.82, 2.24) is 4.98 Å². The summed E-state index contributed by atoms with van der Waals surface area (Å²) in [5, 5.41) is 2.77. The number of ether oxygens (including phenoxy) is 1. The average Bonchev–Trinajstić information content (AvgIpc) is 2.98. The van der Waals surface area contributed by atoms with Crippen molar-refractivity contribution >= 4 is 34.1 Å². The molecule has 3 aromatic rings. The van der Waals surface area contributed by atoms with Crippen molar-refractivity contribution in [3.8, 4) is 5.75 Å². The van der Waals surface area contributed by atoms with Crippen LogP contribution in [0.25, 0.3) is 10.9 Å². The number of alkyl halides is 3. The van der Waals surface area contributed by atoms with E-state index < -0.39 is 17.6 Å². The summed E-state index contributed by atoms with van der Waals surface area (Å²) in [7, 11) is 1.48. The van der Waals surface area contributed by atoms with Crippen LogP contribution in [-0.2, 0) is 6.18 Å². The molecule has 1 aromatic heterocycles. The van der Waals surface area contributed by atoms with E-state index in [9.17, 15) is 18.0 Å². The lowest BCUT2D eigenvalue weighted by atomic mass is 10.1.